The van der Waals surface area contributed by atoms with Gasteiger partial charge in [-0.15, -0.1) is 0 Å². The fourth-order valence-corrected chi connectivity index (χ4v) is 3.23. The molecule has 1 aliphatic heterocycles. The predicted octanol–water partition coefficient (Wildman–Crippen LogP) is 3.42. The zero-order valence-electron chi connectivity index (χ0n) is 12.1. The summed E-state index contributed by atoms with van der Waals surface area (Å²) in [4.78, 5) is 11.6. The van der Waals surface area contributed by atoms with Crippen LogP contribution in [-0.2, 0) is 9.47 Å². The standard InChI is InChI=1S/C16H22O4/c1-11(12-5-7-16(2)14(10-12)20-16)6-9-19-15(17)13-4-3-8-18-13/h3-4,8,11-12,14H,5-7,9-10H2,1-2H3. The minimum atomic E-state index is -0.371. The van der Waals surface area contributed by atoms with Gasteiger partial charge in [-0.05, 0) is 56.6 Å². The van der Waals surface area contributed by atoms with Gasteiger partial charge in [0, 0.05) is 0 Å². The number of esters is 1. The van der Waals surface area contributed by atoms with E-state index in [1.807, 2.05) is 0 Å². The highest BCUT2D eigenvalue weighted by molar-refractivity contribution is 5.86. The van der Waals surface area contributed by atoms with Crippen LogP contribution in [0.1, 0.15) is 50.1 Å². The van der Waals surface area contributed by atoms with Gasteiger partial charge in [-0.1, -0.05) is 6.92 Å². The molecule has 20 heavy (non-hydrogen) atoms. The Hall–Kier alpha value is -1.29. The molecule has 0 bridgehead atoms. The van der Waals surface area contributed by atoms with Crippen molar-refractivity contribution in [3.05, 3.63) is 24.2 Å². The Kier molecular flexibility index (Phi) is 3.59. The van der Waals surface area contributed by atoms with Crippen molar-refractivity contribution in [2.45, 2.75) is 51.2 Å². The second-order valence-corrected chi connectivity index (χ2v) is 6.33. The van der Waals surface area contributed by atoms with Crippen molar-refractivity contribution >= 4 is 5.97 Å². The molecule has 2 aliphatic rings. The molecule has 1 aromatic rings. The summed E-state index contributed by atoms with van der Waals surface area (Å²) in [5, 5.41) is 0. The molecule has 0 radical (unpaired) electrons. The highest BCUT2D eigenvalue weighted by atomic mass is 16.6. The van der Waals surface area contributed by atoms with Crippen LogP contribution in [0.3, 0.4) is 0 Å². The summed E-state index contributed by atoms with van der Waals surface area (Å²) in [6.07, 6.45) is 6.39. The highest BCUT2D eigenvalue weighted by Crippen LogP contribution is 2.50. The third kappa shape index (κ3) is 2.75. The maximum atomic E-state index is 11.6. The van der Waals surface area contributed by atoms with Crippen LogP contribution < -0.4 is 0 Å². The van der Waals surface area contributed by atoms with Gasteiger partial charge in [-0.3, -0.25) is 0 Å². The molecule has 0 N–H and O–H groups in total. The van der Waals surface area contributed by atoms with Crippen molar-refractivity contribution in [2.24, 2.45) is 11.8 Å². The van der Waals surface area contributed by atoms with Crippen molar-refractivity contribution in [3.63, 3.8) is 0 Å². The Morgan fingerprint density at radius 2 is 2.45 bits per heavy atom. The van der Waals surface area contributed by atoms with E-state index >= 15 is 0 Å². The zero-order chi connectivity index (χ0) is 14.2. The van der Waals surface area contributed by atoms with Crippen LogP contribution in [0, 0.1) is 11.8 Å². The molecule has 0 spiro atoms. The molecule has 2 fully saturated rings. The van der Waals surface area contributed by atoms with Gasteiger partial charge >= 0.3 is 5.97 Å². The summed E-state index contributed by atoms with van der Waals surface area (Å²) in [6, 6.07) is 3.31. The predicted molar refractivity (Wildman–Crippen MR) is 73.4 cm³/mol. The van der Waals surface area contributed by atoms with Crippen molar-refractivity contribution in [2.75, 3.05) is 6.61 Å². The Labute approximate surface area is 119 Å². The number of hydrogen-bond donors (Lipinski definition) is 0. The molecule has 1 aromatic heterocycles. The van der Waals surface area contributed by atoms with E-state index in [-0.39, 0.29) is 17.3 Å². The second kappa shape index (κ2) is 5.24. The molecule has 4 atom stereocenters. The molecular weight excluding hydrogens is 256 g/mol. The van der Waals surface area contributed by atoms with Crippen molar-refractivity contribution in [3.8, 4) is 0 Å². The van der Waals surface area contributed by atoms with Crippen LogP contribution in [-0.4, -0.2) is 24.3 Å². The Balaban J connectivity index is 1.39. The first kappa shape index (κ1) is 13.7. The van der Waals surface area contributed by atoms with Crippen LogP contribution in [0.25, 0.3) is 0 Å². The van der Waals surface area contributed by atoms with Crippen LogP contribution in [0.15, 0.2) is 22.8 Å². The van der Waals surface area contributed by atoms with Crippen LogP contribution in [0.2, 0.25) is 0 Å². The van der Waals surface area contributed by atoms with E-state index in [0.29, 0.717) is 24.5 Å². The van der Waals surface area contributed by atoms with Crippen molar-refractivity contribution < 1.29 is 18.7 Å². The minimum Gasteiger partial charge on any atom is -0.460 e. The number of hydrogen-bond acceptors (Lipinski definition) is 4. The molecule has 3 rings (SSSR count). The number of rotatable bonds is 5. The van der Waals surface area contributed by atoms with Gasteiger partial charge in [0.25, 0.3) is 0 Å². The molecule has 1 saturated heterocycles. The molecule has 110 valence electrons. The van der Waals surface area contributed by atoms with E-state index < -0.39 is 0 Å². The average molecular weight is 278 g/mol. The average Bonchev–Trinajstić information content (AvgIpc) is 2.86. The van der Waals surface area contributed by atoms with Gasteiger partial charge in [-0.2, -0.15) is 0 Å². The first-order valence-corrected chi connectivity index (χ1v) is 7.47. The fourth-order valence-electron chi connectivity index (χ4n) is 3.23. The Bertz CT molecular complexity index is 467. The summed E-state index contributed by atoms with van der Waals surface area (Å²) < 4.78 is 16.0. The Morgan fingerprint density at radius 1 is 1.60 bits per heavy atom. The summed E-state index contributed by atoms with van der Waals surface area (Å²) in [5.41, 5.74) is 0.183. The topological polar surface area (TPSA) is 52.0 Å². The molecule has 0 aromatic carbocycles. The van der Waals surface area contributed by atoms with Gasteiger partial charge in [0.15, 0.2) is 0 Å². The SMILES string of the molecule is CC(CCOC(=O)c1ccco1)C1CCC2(C)OC2C1. The molecule has 1 saturated carbocycles. The smallest absolute Gasteiger partial charge is 0.374 e. The maximum absolute atomic E-state index is 11.6. The summed E-state index contributed by atoms with van der Waals surface area (Å²) in [5.74, 6) is 1.16. The van der Waals surface area contributed by atoms with E-state index in [1.54, 1.807) is 12.1 Å². The van der Waals surface area contributed by atoms with E-state index in [9.17, 15) is 4.79 Å². The summed E-state index contributed by atoms with van der Waals surface area (Å²) in [6.45, 7) is 4.92. The van der Waals surface area contributed by atoms with Crippen LogP contribution >= 0.6 is 0 Å². The zero-order valence-corrected chi connectivity index (χ0v) is 12.1. The second-order valence-electron chi connectivity index (χ2n) is 6.33. The molecular formula is C16H22O4. The molecule has 1 aliphatic carbocycles. The first-order valence-electron chi connectivity index (χ1n) is 7.47. The monoisotopic (exact) mass is 278 g/mol. The quantitative estimate of drug-likeness (QED) is 0.611. The maximum Gasteiger partial charge on any atom is 0.374 e. The molecule has 0 amide bonds. The third-order valence-corrected chi connectivity index (χ3v) is 4.90. The fraction of sp³-hybridized carbons (Fsp3) is 0.688. The third-order valence-electron chi connectivity index (χ3n) is 4.90. The van der Waals surface area contributed by atoms with Gasteiger partial charge in [0.05, 0.1) is 24.6 Å². The number of carbonyl (C=O) groups excluding carboxylic acids is 1. The number of epoxide rings is 1. The summed E-state index contributed by atoms with van der Waals surface area (Å²) >= 11 is 0. The number of carbonyl (C=O) groups is 1. The highest BCUT2D eigenvalue weighted by Gasteiger charge is 2.55. The molecule has 4 heteroatoms. The lowest BCUT2D eigenvalue weighted by molar-refractivity contribution is 0.0433. The van der Waals surface area contributed by atoms with Gasteiger partial charge in [-0.25, -0.2) is 4.79 Å². The minimum absolute atomic E-state index is 0.183. The number of fused-ring (bicyclic) bond motifs is 1. The lowest BCUT2D eigenvalue weighted by Gasteiger charge is -2.27. The van der Waals surface area contributed by atoms with Crippen LogP contribution in [0.4, 0.5) is 0 Å². The van der Waals surface area contributed by atoms with Crippen LogP contribution in [0.5, 0.6) is 0 Å². The lowest BCUT2D eigenvalue weighted by Crippen LogP contribution is -2.26. The first-order chi connectivity index (χ1) is 9.58. The van der Waals surface area contributed by atoms with E-state index in [1.165, 1.54) is 19.1 Å². The molecule has 2 heterocycles. The normalized spacial score (nSPS) is 33.3. The van der Waals surface area contributed by atoms with Gasteiger partial charge in [0.1, 0.15) is 0 Å². The number of furan rings is 1. The van der Waals surface area contributed by atoms with Crippen molar-refractivity contribution in [1.29, 1.82) is 0 Å². The van der Waals surface area contributed by atoms with Crippen molar-refractivity contribution in [1.82, 2.24) is 0 Å². The van der Waals surface area contributed by atoms with E-state index in [4.69, 9.17) is 13.9 Å². The Morgan fingerprint density at radius 3 is 3.15 bits per heavy atom. The van der Waals surface area contributed by atoms with Gasteiger partial charge < -0.3 is 13.9 Å². The van der Waals surface area contributed by atoms with Gasteiger partial charge in [0.2, 0.25) is 5.76 Å². The largest absolute Gasteiger partial charge is 0.460 e. The van der Waals surface area contributed by atoms with E-state index in [0.717, 1.165) is 12.8 Å². The lowest BCUT2D eigenvalue weighted by atomic mass is 9.76. The van der Waals surface area contributed by atoms with E-state index in [2.05, 4.69) is 13.8 Å². The summed E-state index contributed by atoms with van der Waals surface area (Å²) in [7, 11) is 0. The molecule has 4 nitrogen and oxygen atoms in total. The molecule has 4 unspecified atom stereocenters. The number of ether oxygens (including phenoxy) is 2.